The van der Waals surface area contributed by atoms with Crippen LogP contribution in [0.5, 0.6) is 0 Å². The van der Waals surface area contributed by atoms with Crippen molar-refractivity contribution >= 4 is 22.4 Å². The number of likely N-dealkylation sites (N-methyl/N-ethyl adjacent to an activating group) is 1. The fraction of sp³-hybridized carbons (Fsp3) is 0.357. The summed E-state index contributed by atoms with van der Waals surface area (Å²) in [5.41, 5.74) is 4.02. The van der Waals surface area contributed by atoms with Gasteiger partial charge in [-0.25, -0.2) is 0 Å². The van der Waals surface area contributed by atoms with E-state index in [9.17, 15) is 4.79 Å². The Bertz CT molecular complexity index is 553. The second-order valence-corrected chi connectivity index (χ2v) is 5.63. The van der Waals surface area contributed by atoms with Crippen LogP contribution < -0.4 is 5.32 Å². The van der Waals surface area contributed by atoms with Gasteiger partial charge in [0.1, 0.15) is 5.51 Å². The average molecular weight is 290 g/mol. The van der Waals surface area contributed by atoms with Crippen LogP contribution in [0.2, 0.25) is 0 Å². The van der Waals surface area contributed by atoms with Gasteiger partial charge in [-0.2, -0.15) is 0 Å². The van der Waals surface area contributed by atoms with E-state index in [0.29, 0.717) is 11.7 Å². The Morgan fingerprint density at radius 1 is 1.40 bits per heavy atom. The first-order valence-corrected chi connectivity index (χ1v) is 7.27. The lowest BCUT2D eigenvalue weighted by Crippen LogP contribution is -2.32. The highest BCUT2D eigenvalue weighted by Crippen LogP contribution is 2.19. The monoisotopic (exact) mass is 290 g/mol. The maximum absolute atomic E-state index is 11.9. The number of aryl methyl sites for hydroxylation is 1. The molecule has 0 saturated heterocycles. The zero-order valence-corrected chi connectivity index (χ0v) is 12.6. The van der Waals surface area contributed by atoms with Crippen molar-refractivity contribution in [2.75, 3.05) is 18.9 Å². The van der Waals surface area contributed by atoms with Crippen LogP contribution in [0.3, 0.4) is 0 Å². The molecule has 0 aliphatic carbocycles. The number of carbonyl (C=O) groups excluding carboxylic acids is 1. The normalized spacial score (nSPS) is 12.4. The first-order chi connectivity index (χ1) is 9.56. The molecule has 106 valence electrons. The molecule has 0 spiro atoms. The first-order valence-electron chi connectivity index (χ1n) is 6.39. The van der Waals surface area contributed by atoms with E-state index in [4.69, 9.17) is 0 Å². The molecule has 1 heterocycles. The Labute approximate surface area is 122 Å². The molecule has 1 aromatic carbocycles. The van der Waals surface area contributed by atoms with Crippen molar-refractivity contribution in [2.45, 2.75) is 19.9 Å². The average Bonchev–Trinajstić information content (AvgIpc) is 2.91. The number of benzene rings is 1. The van der Waals surface area contributed by atoms with Gasteiger partial charge in [0, 0.05) is 6.04 Å². The van der Waals surface area contributed by atoms with Crippen LogP contribution in [-0.2, 0) is 4.79 Å². The van der Waals surface area contributed by atoms with Crippen LogP contribution in [0.15, 0.2) is 29.8 Å². The molecule has 0 saturated carbocycles. The van der Waals surface area contributed by atoms with E-state index >= 15 is 0 Å². The van der Waals surface area contributed by atoms with Crippen LogP contribution in [0.1, 0.15) is 24.1 Å². The quantitative estimate of drug-likeness (QED) is 0.919. The summed E-state index contributed by atoms with van der Waals surface area (Å²) in [4.78, 5) is 13.9. The number of carbonyl (C=O) groups is 1. The standard InChI is InChI=1S/C14H18N4OS/c1-10-4-6-12(7-5-10)11(2)18(3)8-13(19)16-14-17-15-9-20-14/h4-7,9,11H,8H2,1-3H3,(H,16,17,19)/t11-/m0/s1. The number of hydrogen-bond acceptors (Lipinski definition) is 5. The van der Waals surface area contributed by atoms with Gasteiger partial charge in [0.25, 0.3) is 0 Å². The van der Waals surface area contributed by atoms with Crippen molar-refractivity contribution in [2.24, 2.45) is 0 Å². The van der Waals surface area contributed by atoms with Crippen LogP contribution >= 0.6 is 11.3 Å². The molecule has 2 rings (SSSR count). The van der Waals surface area contributed by atoms with Gasteiger partial charge in [0.05, 0.1) is 6.54 Å². The number of nitrogens with one attached hydrogen (secondary N) is 1. The Hall–Kier alpha value is -1.79. The van der Waals surface area contributed by atoms with Crippen LogP contribution in [0.4, 0.5) is 5.13 Å². The largest absolute Gasteiger partial charge is 0.299 e. The number of anilines is 1. The fourth-order valence-electron chi connectivity index (χ4n) is 1.85. The fourth-order valence-corrected chi connectivity index (χ4v) is 2.31. The molecule has 1 atom stereocenters. The van der Waals surface area contributed by atoms with Gasteiger partial charge in [-0.1, -0.05) is 41.2 Å². The third-order valence-corrected chi connectivity index (χ3v) is 3.83. The molecule has 1 aromatic heterocycles. The van der Waals surface area contributed by atoms with Gasteiger partial charge in [-0.05, 0) is 26.5 Å². The van der Waals surface area contributed by atoms with Gasteiger partial charge in [-0.15, -0.1) is 10.2 Å². The lowest BCUT2D eigenvalue weighted by molar-refractivity contribution is -0.117. The summed E-state index contributed by atoms with van der Waals surface area (Å²) in [7, 11) is 1.93. The molecule has 0 aliphatic heterocycles. The van der Waals surface area contributed by atoms with E-state index in [1.807, 2.05) is 11.9 Å². The molecular weight excluding hydrogens is 272 g/mol. The number of amides is 1. The van der Waals surface area contributed by atoms with Gasteiger partial charge >= 0.3 is 0 Å². The van der Waals surface area contributed by atoms with E-state index in [1.165, 1.54) is 22.5 Å². The van der Waals surface area contributed by atoms with Crippen molar-refractivity contribution in [3.8, 4) is 0 Å². The van der Waals surface area contributed by atoms with Crippen molar-refractivity contribution in [3.63, 3.8) is 0 Å². The molecule has 0 radical (unpaired) electrons. The Morgan fingerprint density at radius 3 is 2.70 bits per heavy atom. The number of rotatable bonds is 5. The number of aromatic nitrogens is 2. The van der Waals surface area contributed by atoms with E-state index in [1.54, 1.807) is 5.51 Å². The molecule has 0 aliphatic rings. The summed E-state index contributed by atoms with van der Waals surface area (Å²) in [6.45, 7) is 4.46. The second kappa shape index (κ2) is 6.58. The number of hydrogen-bond donors (Lipinski definition) is 1. The summed E-state index contributed by atoms with van der Waals surface area (Å²) in [6, 6.07) is 8.54. The Kier molecular flexibility index (Phi) is 4.81. The summed E-state index contributed by atoms with van der Waals surface area (Å²) in [5, 5.41) is 10.7. The summed E-state index contributed by atoms with van der Waals surface area (Å²) >= 11 is 1.31. The lowest BCUT2D eigenvalue weighted by atomic mass is 10.1. The van der Waals surface area contributed by atoms with Crippen LogP contribution in [0, 0.1) is 6.92 Å². The predicted octanol–water partition coefficient (Wildman–Crippen LogP) is 2.48. The maximum Gasteiger partial charge on any atom is 0.240 e. The van der Waals surface area contributed by atoms with Gasteiger partial charge in [0.2, 0.25) is 11.0 Å². The molecule has 2 aromatic rings. The Morgan fingerprint density at radius 2 is 2.10 bits per heavy atom. The van der Waals surface area contributed by atoms with Crippen molar-refractivity contribution in [3.05, 3.63) is 40.9 Å². The smallest absolute Gasteiger partial charge is 0.240 e. The van der Waals surface area contributed by atoms with Crippen LogP contribution in [-0.4, -0.2) is 34.6 Å². The third kappa shape index (κ3) is 3.85. The molecule has 0 unspecified atom stereocenters. The molecule has 1 N–H and O–H groups in total. The van der Waals surface area contributed by atoms with Crippen molar-refractivity contribution in [1.29, 1.82) is 0 Å². The minimum absolute atomic E-state index is 0.0804. The molecule has 0 fully saturated rings. The predicted molar refractivity (Wildman–Crippen MR) is 80.8 cm³/mol. The molecule has 1 amide bonds. The minimum atomic E-state index is -0.0804. The highest BCUT2D eigenvalue weighted by atomic mass is 32.1. The zero-order chi connectivity index (χ0) is 14.5. The van der Waals surface area contributed by atoms with E-state index in [-0.39, 0.29) is 11.9 Å². The SMILES string of the molecule is Cc1ccc([C@H](C)N(C)CC(=O)Nc2nncs2)cc1. The van der Waals surface area contributed by atoms with Gasteiger partial charge in [0.15, 0.2) is 0 Å². The molecule has 0 bridgehead atoms. The first kappa shape index (κ1) is 14.6. The topological polar surface area (TPSA) is 58.1 Å². The molecule has 20 heavy (non-hydrogen) atoms. The Balaban J connectivity index is 1.91. The summed E-state index contributed by atoms with van der Waals surface area (Å²) in [5.74, 6) is -0.0804. The lowest BCUT2D eigenvalue weighted by Gasteiger charge is -2.24. The zero-order valence-electron chi connectivity index (χ0n) is 11.8. The maximum atomic E-state index is 11.9. The molecule has 5 nitrogen and oxygen atoms in total. The van der Waals surface area contributed by atoms with Gasteiger partial charge < -0.3 is 0 Å². The second-order valence-electron chi connectivity index (χ2n) is 4.79. The number of nitrogens with zero attached hydrogens (tertiary/aromatic N) is 3. The van der Waals surface area contributed by atoms with E-state index in [2.05, 4.69) is 53.6 Å². The highest BCUT2D eigenvalue weighted by Gasteiger charge is 2.15. The van der Waals surface area contributed by atoms with E-state index < -0.39 is 0 Å². The molecule has 6 heteroatoms. The van der Waals surface area contributed by atoms with Gasteiger partial charge in [-0.3, -0.25) is 15.0 Å². The highest BCUT2D eigenvalue weighted by molar-refractivity contribution is 7.13. The van der Waals surface area contributed by atoms with Crippen molar-refractivity contribution in [1.82, 2.24) is 15.1 Å². The third-order valence-electron chi connectivity index (χ3n) is 3.22. The summed E-state index contributed by atoms with van der Waals surface area (Å²) in [6.07, 6.45) is 0. The van der Waals surface area contributed by atoms with E-state index in [0.717, 1.165) is 0 Å². The minimum Gasteiger partial charge on any atom is -0.299 e. The summed E-state index contributed by atoms with van der Waals surface area (Å²) < 4.78 is 0. The van der Waals surface area contributed by atoms with Crippen LogP contribution in [0.25, 0.3) is 0 Å². The van der Waals surface area contributed by atoms with Crippen molar-refractivity contribution < 1.29 is 4.79 Å². The molecular formula is C14H18N4OS.